The van der Waals surface area contributed by atoms with Crippen LogP contribution in [0.4, 0.5) is 0 Å². The summed E-state index contributed by atoms with van der Waals surface area (Å²) in [5.74, 6) is 1.53. The number of carbonyl (C=O) groups excluding carboxylic acids is 1. The van der Waals surface area contributed by atoms with Gasteiger partial charge in [-0.2, -0.15) is 0 Å². The fraction of sp³-hybridized carbons (Fsp3) is 0.556. The lowest BCUT2D eigenvalue weighted by atomic mass is 9.89. The van der Waals surface area contributed by atoms with Crippen LogP contribution in [-0.4, -0.2) is 22.0 Å². The number of carbonyl (C=O) groups is 1. The lowest BCUT2D eigenvalue weighted by Crippen LogP contribution is -2.33. The number of hydrogen-bond donors (Lipinski definition) is 1. The fourth-order valence-electron chi connectivity index (χ4n) is 3.48. The first-order valence-corrected chi connectivity index (χ1v) is 8.51. The number of aromatic nitrogens is 2. The Bertz CT molecular complexity index is 641. The van der Waals surface area contributed by atoms with Crippen molar-refractivity contribution >= 4 is 16.9 Å². The molecule has 118 valence electrons. The Labute approximate surface area is 131 Å². The standard InChI is InChI=1S/C18H25N3O/c1-2-21-16-11-7-6-10-15(16)20-17(21)12-13-19-18(22)14-8-4-3-5-9-14/h6-7,10-11,14H,2-5,8-9,12-13H2,1H3,(H,19,22). The van der Waals surface area contributed by atoms with Gasteiger partial charge in [0.05, 0.1) is 11.0 Å². The van der Waals surface area contributed by atoms with E-state index in [2.05, 4.69) is 22.9 Å². The van der Waals surface area contributed by atoms with Gasteiger partial charge in [-0.1, -0.05) is 31.4 Å². The van der Waals surface area contributed by atoms with Crippen molar-refractivity contribution in [1.29, 1.82) is 0 Å². The highest BCUT2D eigenvalue weighted by atomic mass is 16.1. The number of hydrogen-bond acceptors (Lipinski definition) is 2. The molecule has 1 aromatic heterocycles. The summed E-state index contributed by atoms with van der Waals surface area (Å²) < 4.78 is 2.24. The molecule has 1 saturated carbocycles. The summed E-state index contributed by atoms with van der Waals surface area (Å²) in [4.78, 5) is 16.9. The maximum atomic E-state index is 12.2. The zero-order chi connectivity index (χ0) is 15.4. The summed E-state index contributed by atoms with van der Waals surface area (Å²) in [6.45, 7) is 3.73. The summed E-state index contributed by atoms with van der Waals surface area (Å²) in [6.07, 6.45) is 6.58. The van der Waals surface area contributed by atoms with Gasteiger partial charge >= 0.3 is 0 Å². The molecular weight excluding hydrogens is 274 g/mol. The van der Waals surface area contributed by atoms with Gasteiger partial charge in [0.2, 0.25) is 5.91 Å². The Hall–Kier alpha value is -1.84. The lowest BCUT2D eigenvalue weighted by Gasteiger charge is -2.20. The number of amides is 1. The maximum absolute atomic E-state index is 12.2. The van der Waals surface area contributed by atoms with E-state index >= 15 is 0 Å². The molecule has 0 unspecified atom stereocenters. The number of aryl methyl sites for hydroxylation is 1. The number of benzene rings is 1. The van der Waals surface area contributed by atoms with Crippen LogP contribution in [0.5, 0.6) is 0 Å². The molecule has 4 heteroatoms. The molecule has 22 heavy (non-hydrogen) atoms. The van der Waals surface area contributed by atoms with E-state index in [0.717, 1.165) is 37.1 Å². The number of fused-ring (bicyclic) bond motifs is 1. The molecule has 2 aromatic rings. The molecule has 3 rings (SSSR count). The molecule has 0 aliphatic heterocycles. The summed E-state index contributed by atoms with van der Waals surface area (Å²) >= 11 is 0. The van der Waals surface area contributed by atoms with E-state index in [1.54, 1.807) is 0 Å². The highest BCUT2D eigenvalue weighted by Crippen LogP contribution is 2.23. The summed E-state index contributed by atoms with van der Waals surface area (Å²) in [6, 6.07) is 8.22. The van der Waals surface area contributed by atoms with Gasteiger partial charge in [0, 0.05) is 25.4 Å². The highest BCUT2D eigenvalue weighted by Gasteiger charge is 2.20. The van der Waals surface area contributed by atoms with Gasteiger partial charge in [-0.3, -0.25) is 4.79 Å². The minimum Gasteiger partial charge on any atom is -0.355 e. The molecule has 1 heterocycles. The normalized spacial score (nSPS) is 16.0. The van der Waals surface area contributed by atoms with E-state index in [1.165, 1.54) is 24.8 Å². The number of rotatable bonds is 5. The molecule has 0 bridgehead atoms. The van der Waals surface area contributed by atoms with Crippen LogP contribution in [0.2, 0.25) is 0 Å². The van der Waals surface area contributed by atoms with Gasteiger partial charge in [-0.25, -0.2) is 4.98 Å². The minimum atomic E-state index is 0.235. The Morgan fingerprint density at radius 2 is 2.05 bits per heavy atom. The van der Waals surface area contributed by atoms with Crippen molar-refractivity contribution < 1.29 is 4.79 Å². The average molecular weight is 299 g/mol. The summed E-state index contributed by atoms with van der Waals surface area (Å²) in [5.41, 5.74) is 2.22. The topological polar surface area (TPSA) is 46.9 Å². The van der Waals surface area contributed by atoms with Crippen LogP contribution < -0.4 is 5.32 Å². The first-order valence-electron chi connectivity index (χ1n) is 8.51. The largest absolute Gasteiger partial charge is 0.355 e. The van der Waals surface area contributed by atoms with Crippen molar-refractivity contribution in [2.24, 2.45) is 5.92 Å². The van der Waals surface area contributed by atoms with Crippen molar-refractivity contribution in [2.75, 3.05) is 6.54 Å². The zero-order valence-electron chi connectivity index (χ0n) is 13.3. The number of nitrogens with one attached hydrogen (secondary N) is 1. The molecule has 0 radical (unpaired) electrons. The van der Waals surface area contributed by atoms with E-state index in [0.29, 0.717) is 6.54 Å². The molecule has 1 fully saturated rings. The van der Waals surface area contributed by atoms with Gasteiger partial charge in [0.1, 0.15) is 5.82 Å². The van der Waals surface area contributed by atoms with Crippen LogP contribution in [-0.2, 0) is 17.8 Å². The van der Waals surface area contributed by atoms with Gasteiger partial charge in [-0.05, 0) is 31.9 Å². The van der Waals surface area contributed by atoms with Crippen molar-refractivity contribution in [3.05, 3.63) is 30.1 Å². The Morgan fingerprint density at radius 3 is 2.82 bits per heavy atom. The molecule has 1 N–H and O–H groups in total. The lowest BCUT2D eigenvalue weighted by molar-refractivity contribution is -0.125. The molecule has 0 atom stereocenters. The fourth-order valence-corrected chi connectivity index (χ4v) is 3.48. The van der Waals surface area contributed by atoms with Gasteiger partial charge < -0.3 is 9.88 Å². The summed E-state index contributed by atoms with van der Waals surface area (Å²) in [5, 5.41) is 3.10. The quantitative estimate of drug-likeness (QED) is 0.921. The van der Waals surface area contributed by atoms with Gasteiger partial charge in [-0.15, -0.1) is 0 Å². The Morgan fingerprint density at radius 1 is 1.27 bits per heavy atom. The van der Waals surface area contributed by atoms with E-state index in [9.17, 15) is 4.79 Å². The van der Waals surface area contributed by atoms with Gasteiger partial charge in [0.25, 0.3) is 0 Å². The van der Waals surface area contributed by atoms with Gasteiger partial charge in [0.15, 0.2) is 0 Å². The Kier molecular flexibility index (Phi) is 4.76. The van der Waals surface area contributed by atoms with Crippen molar-refractivity contribution in [2.45, 2.75) is 52.0 Å². The molecular formula is C18H25N3O. The molecule has 0 saturated heterocycles. The molecule has 1 aliphatic rings. The van der Waals surface area contributed by atoms with Crippen molar-refractivity contribution in [3.8, 4) is 0 Å². The smallest absolute Gasteiger partial charge is 0.223 e. The second-order valence-corrected chi connectivity index (χ2v) is 6.14. The Balaban J connectivity index is 1.60. The van der Waals surface area contributed by atoms with Crippen molar-refractivity contribution in [1.82, 2.24) is 14.9 Å². The second kappa shape index (κ2) is 6.95. The highest BCUT2D eigenvalue weighted by molar-refractivity contribution is 5.78. The molecule has 1 aromatic carbocycles. The van der Waals surface area contributed by atoms with Crippen LogP contribution in [0.25, 0.3) is 11.0 Å². The minimum absolute atomic E-state index is 0.235. The third-order valence-corrected chi connectivity index (χ3v) is 4.67. The molecule has 4 nitrogen and oxygen atoms in total. The van der Waals surface area contributed by atoms with Crippen LogP contribution >= 0.6 is 0 Å². The van der Waals surface area contributed by atoms with E-state index in [-0.39, 0.29) is 11.8 Å². The van der Waals surface area contributed by atoms with Crippen LogP contribution in [0, 0.1) is 5.92 Å². The van der Waals surface area contributed by atoms with Crippen molar-refractivity contribution in [3.63, 3.8) is 0 Å². The predicted molar refractivity (Wildman–Crippen MR) is 88.7 cm³/mol. The zero-order valence-corrected chi connectivity index (χ0v) is 13.3. The third-order valence-electron chi connectivity index (χ3n) is 4.67. The molecule has 0 spiro atoms. The number of para-hydroxylation sites is 2. The predicted octanol–water partition coefficient (Wildman–Crippen LogP) is 3.30. The first-order chi connectivity index (χ1) is 10.8. The number of imidazole rings is 1. The van der Waals surface area contributed by atoms with Crippen LogP contribution in [0.15, 0.2) is 24.3 Å². The molecule has 1 aliphatic carbocycles. The maximum Gasteiger partial charge on any atom is 0.223 e. The average Bonchev–Trinajstić information content (AvgIpc) is 2.93. The van der Waals surface area contributed by atoms with Crippen LogP contribution in [0.3, 0.4) is 0 Å². The molecule has 1 amide bonds. The second-order valence-electron chi connectivity index (χ2n) is 6.14. The summed E-state index contributed by atoms with van der Waals surface area (Å²) in [7, 11) is 0. The third kappa shape index (κ3) is 3.16. The van der Waals surface area contributed by atoms with Crippen LogP contribution in [0.1, 0.15) is 44.9 Å². The van der Waals surface area contributed by atoms with E-state index < -0.39 is 0 Å². The first kappa shape index (κ1) is 15.1. The van der Waals surface area contributed by atoms with E-state index in [1.807, 2.05) is 18.2 Å². The SMILES string of the molecule is CCn1c(CCNC(=O)C2CCCCC2)nc2ccccc21. The van der Waals surface area contributed by atoms with E-state index in [4.69, 9.17) is 4.98 Å². The number of nitrogens with zero attached hydrogens (tertiary/aromatic N) is 2. The monoisotopic (exact) mass is 299 g/mol.